The Morgan fingerprint density at radius 2 is 2.08 bits per heavy atom. The van der Waals surface area contributed by atoms with Crippen LogP contribution in [0, 0.1) is 5.82 Å². The first kappa shape index (κ1) is 20.8. The molecule has 0 amide bonds. The lowest BCUT2D eigenvalue weighted by Crippen LogP contribution is -2.33. The SMILES string of the molecule is I.NC(=NCCCc1ccc(Br)cc1F)NCCc1ccccn1. The fourth-order valence-electron chi connectivity index (χ4n) is 2.11. The maximum Gasteiger partial charge on any atom is 0.188 e. The number of halogens is 3. The van der Waals surface area contributed by atoms with Gasteiger partial charge in [-0.05, 0) is 42.7 Å². The summed E-state index contributed by atoms with van der Waals surface area (Å²) in [4.78, 5) is 8.49. The van der Waals surface area contributed by atoms with Gasteiger partial charge in [0, 0.05) is 35.9 Å². The second-order valence-electron chi connectivity index (χ2n) is 5.10. The van der Waals surface area contributed by atoms with Crippen LogP contribution in [0.25, 0.3) is 0 Å². The number of guanidine groups is 1. The Bertz CT molecular complexity index is 652. The van der Waals surface area contributed by atoms with Gasteiger partial charge in [-0.1, -0.05) is 28.1 Å². The number of hydrogen-bond acceptors (Lipinski definition) is 2. The summed E-state index contributed by atoms with van der Waals surface area (Å²) < 4.78 is 14.4. The smallest absolute Gasteiger partial charge is 0.188 e. The van der Waals surface area contributed by atoms with Crippen LogP contribution in [0.15, 0.2) is 52.1 Å². The Kier molecular flexibility index (Phi) is 9.85. The van der Waals surface area contributed by atoms with Crippen LogP contribution in [-0.2, 0) is 12.8 Å². The Morgan fingerprint density at radius 1 is 1.25 bits per heavy atom. The minimum atomic E-state index is -0.190. The van der Waals surface area contributed by atoms with Crippen molar-refractivity contribution in [1.29, 1.82) is 0 Å². The molecule has 1 heterocycles. The molecule has 0 saturated heterocycles. The van der Waals surface area contributed by atoms with E-state index in [9.17, 15) is 4.39 Å². The van der Waals surface area contributed by atoms with Crippen LogP contribution in [0.4, 0.5) is 4.39 Å². The van der Waals surface area contributed by atoms with Crippen molar-refractivity contribution in [2.24, 2.45) is 10.7 Å². The van der Waals surface area contributed by atoms with Gasteiger partial charge in [-0.25, -0.2) is 4.39 Å². The van der Waals surface area contributed by atoms with Crippen LogP contribution in [-0.4, -0.2) is 24.0 Å². The topological polar surface area (TPSA) is 63.3 Å². The molecule has 0 saturated carbocycles. The average molecular weight is 507 g/mol. The number of hydrogen-bond donors (Lipinski definition) is 2. The van der Waals surface area contributed by atoms with Crippen LogP contribution in [0.2, 0.25) is 0 Å². The molecule has 0 unspecified atom stereocenters. The average Bonchev–Trinajstić information content (AvgIpc) is 2.54. The lowest BCUT2D eigenvalue weighted by Gasteiger charge is -2.06. The number of nitrogens with zero attached hydrogens (tertiary/aromatic N) is 2. The molecule has 0 bridgehead atoms. The fraction of sp³-hybridized carbons (Fsp3) is 0.294. The molecular formula is C17H21BrFIN4. The molecule has 1 aromatic heterocycles. The van der Waals surface area contributed by atoms with Crippen LogP contribution < -0.4 is 11.1 Å². The second kappa shape index (κ2) is 11.4. The number of aromatic nitrogens is 1. The van der Waals surface area contributed by atoms with E-state index in [4.69, 9.17) is 5.73 Å². The minimum absolute atomic E-state index is 0. The number of rotatable bonds is 7. The van der Waals surface area contributed by atoms with Crippen molar-refractivity contribution in [1.82, 2.24) is 10.3 Å². The third kappa shape index (κ3) is 7.57. The van der Waals surface area contributed by atoms with Gasteiger partial charge in [0.05, 0.1) is 0 Å². The van der Waals surface area contributed by atoms with Crippen molar-refractivity contribution in [3.63, 3.8) is 0 Å². The molecule has 1 aromatic carbocycles. The van der Waals surface area contributed by atoms with E-state index in [1.807, 2.05) is 24.3 Å². The molecule has 0 atom stereocenters. The summed E-state index contributed by atoms with van der Waals surface area (Å²) in [6.45, 7) is 1.26. The summed E-state index contributed by atoms with van der Waals surface area (Å²) in [5.41, 5.74) is 7.52. The number of nitrogens with two attached hydrogens (primary N) is 1. The van der Waals surface area contributed by atoms with Gasteiger partial charge < -0.3 is 11.1 Å². The molecule has 130 valence electrons. The number of pyridine rings is 1. The van der Waals surface area contributed by atoms with Crippen LogP contribution in [0.5, 0.6) is 0 Å². The number of aryl methyl sites for hydroxylation is 1. The molecule has 0 aliphatic carbocycles. The minimum Gasteiger partial charge on any atom is -0.370 e. The highest BCUT2D eigenvalue weighted by Gasteiger charge is 2.02. The van der Waals surface area contributed by atoms with E-state index in [0.29, 0.717) is 31.0 Å². The molecule has 0 aliphatic rings. The first-order chi connectivity index (χ1) is 11.1. The van der Waals surface area contributed by atoms with Gasteiger partial charge in [0.15, 0.2) is 5.96 Å². The standard InChI is InChI=1S/C17H20BrFN4.HI/c18-14-7-6-13(16(19)12-14)4-3-10-22-17(20)23-11-8-15-5-1-2-9-21-15;/h1-2,5-7,9,12H,3-4,8,10-11H2,(H3,20,22,23);1H. The maximum absolute atomic E-state index is 13.7. The largest absolute Gasteiger partial charge is 0.370 e. The molecular weight excluding hydrogens is 486 g/mol. The zero-order valence-corrected chi connectivity index (χ0v) is 17.1. The Morgan fingerprint density at radius 3 is 2.79 bits per heavy atom. The van der Waals surface area contributed by atoms with E-state index < -0.39 is 0 Å². The monoisotopic (exact) mass is 506 g/mol. The summed E-state index contributed by atoms with van der Waals surface area (Å²) in [6, 6.07) is 10.9. The Balaban J connectivity index is 0.00000288. The molecule has 0 spiro atoms. The van der Waals surface area contributed by atoms with Gasteiger partial charge in [-0.15, -0.1) is 24.0 Å². The van der Waals surface area contributed by atoms with Gasteiger partial charge >= 0.3 is 0 Å². The van der Waals surface area contributed by atoms with Crippen molar-refractivity contribution in [3.05, 3.63) is 64.1 Å². The van der Waals surface area contributed by atoms with Crippen molar-refractivity contribution in [3.8, 4) is 0 Å². The van der Waals surface area contributed by atoms with E-state index in [-0.39, 0.29) is 29.8 Å². The summed E-state index contributed by atoms with van der Waals surface area (Å²) in [6.07, 6.45) is 3.96. The van der Waals surface area contributed by atoms with Crippen molar-refractivity contribution in [2.45, 2.75) is 19.3 Å². The normalized spacial score (nSPS) is 11.0. The van der Waals surface area contributed by atoms with E-state index >= 15 is 0 Å². The first-order valence-electron chi connectivity index (χ1n) is 7.53. The number of aliphatic imine (C=N–C) groups is 1. The third-order valence-electron chi connectivity index (χ3n) is 3.31. The van der Waals surface area contributed by atoms with Crippen molar-refractivity contribution in [2.75, 3.05) is 13.1 Å². The molecule has 0 radical (unpaired) electrons. The highest BCUT2D eigenvalue weighted by Crippen LogP contribution is 2.16. The highest BCUT2D eigenvalue weighted by atomic mass is 127. The fourth-order valence-corrected chi connectivity index (χ4v) is 2.45. The van der Waals surface area contributed by atoms with Gasteiger partial charge in [-0.3, -0.25) is 9.98 Å². The summed E-state index contributed by atoms with van der Waals surface area (Å²) in [5.74, 6) is 0.224. The molecule has 24 heavy (non-hydrogen) atoms. The van der Waals surface area contributed by atoms with Gasteiger partial charge in [0.1, 0.15) is 5.82 Å². The van der Waals surface area contributed by atoms with E-state index in [1.54, 1.807) is 12.3 Å². The molecule has 0 aliphatic heterocycles. The molecule has 2 aromatic rings. The molecule has 3 N–H and O–H groups in total. The van der Waals surface area contributed by atoms with Crippen molar-refractivity contribution < 1.29 is 4.39 Å². The summed E-state index contributed by atoms with van der Waals surface area (Å²) in [5, 5.41) is 3.06. The van der Waals surface area contributed by atoms with E-state index in [1.165, 1.54) is 6.07 Å². The van der Waals surface area contributed by atoms with Gasteiger partial charge in [-0.2, -0.15) is 0 Å². The maximum atomic E-state index is 13.7. The van der Waals surface area contributed by atoms with Gasteiger partial charge in [0.2, 0.25) is 0 Å². The van der Waals surface area contributed by atoms with Crippen LogP contribution in [0.1, 0.15) is 17.7 Å². The number of benzene rings is 1. The predicted molar refractivity (Wildman–Crippen MR) is 110 cm³/mol. The summed E-state index contributed by atoms with van der Waals surface area (Å²) in [7, 11) is 0. The second-order valence-corrected chi connectivity index (χ2v) is 6.02. The zero-order valence-electron chi connectivity index (χ0n) is 13.2. The molecule has 0 fully saturated rings. The molecule has 7 heteroatoms. The predicted octanol–water partition coefficient (Wildman–Crippen LogP) is 3.68. The lowest BCUT2D eigenvalue weighted by atomic mass is 10.1. The summed E-state index contributed by atoms with van der Waals surface area (Å²) >= 11 is 3.25. The Hall–Kier alpha value is -1.22. The highest BCUT2D eigenvalue weighted by molar-refractivity contribution is 14.0. The Labute approximate surface area is 167 Å². The van der Waals surface area contributed by atoms with E-state index in [2.05, 4.69) is 31.2 Å². The van der Waals surface area contributed by atoms with E-state index in [0.717, 1.165) is 23.0 Å². The zero-order chi connectivity index (χ0) is 16.5. The third-order valence-corrected chi connectivity index (χ3v) is 3.81. The molecule has 2 rings (SSSR count). The first-order valence-corrected chi connectivity index (χ1v) is 8.32. The quantitative estimate of drug-likeness (QED) is 0.260. The van der Waals surface area contributed by atoms with Crippen LogP contribution >= 0.6 is 39.9 Å². The lowest BCUT2D eigenvalue weighted by molar-refractivity contribution is 0.604. The molecule has 4 nitrogen and oxygen atoms in total. The van der Waals surface area contributed by atoms with Gasteiger partial charge in [0.25, 0.3) is 0 Å². The van der Waals surface area contributed by atoms with Crippen LogP contribution in [0.3, 0.4) is 0 Å². The number of nitrogens with one attached hydrogen (secondary N) is 1. The van der Waals surface area contributed by atoms with Crippen molar-refractivity contribution >= 4 is 45.9 Å².